The Morgan fingerprint density at radius 3 is 2.78 bits per heavy atom. The molecule has 1 aromatic heterocycles. The van der Waals surface area contributed by atoms with Crippen LogP contribution in [0.1, 0.15) is 25.5 Å². The second-order valence-corrected chi connectivity index (χ2v) is 6.72. The number of carbonyl (C=O) groups excluding carboxylic acids is 1. The molecule has 1 atom stereocenters. The monoisotopic (exact) mass is 334 g/mol. The third-order valence-electron chi connectivity index (χ3n) is 4.69. The van der Waals surface area contributed by atoms with Gasteiger partial charge in [-0.05, 0) is 19.8 Å². The van der Waals surface area contributed by atoms with Crippen LogP contribution < -0.4 is 4.90 Å². The number of rotatable bonds is 2. The van der Waals surface area contributed by atoms with Crippen LogP contribution in [-0.4, -0.2) is 64.6 Å². The largest absolute Gasteiger partial charge is 0.353 e. The first-order valence-corrected chi connectivity index (χ1v) is 8.03. The van der Waals surface area contributed by atoms with Crippen molar-refractivity contribution in [3.63, 3.8) is 0 Å². The number of urea groups is 1. The number of hydrogen-bond acceptors (Lipinski definition) is 5. The number of likely N-dealkylation sites (N-methyl/N-ethyl adjacent to an activating group) is 1. The van der Waals surface area contributed by atoms with E-state index in [1.807, 2.05) is 18.0 Å². The average Bonchev–Trinajstić information content (AvgIpc) is 2.87. The molecule has 1 aromatic rings. The fourth-order valence-electron chi connectivity index (χ4n) is 3.37. The van der Waals surface area contributed by atoms with Gasteiger partial charge in [-0.2, -0.15) is 5.26 Å². The van der Waals surface area contributed by atoms with Crippen LogP contribution in [0.3, 0.4) is 0 Å². The number of halogens is 1. The fourth-order valence-corrected chi connectivity index (χ4v) is 3.55. The van der Waals surface area contributed by atoms with Crippen LogP contribution in [0, 0.1) is 11.3 Å². The molecule has 8 heteroatoms. The van der Waals surface area contributed by atoms with Gasteiger partial charge in [0.05, 0.1) is 11.7 Å². The first kappa shape index (κ1) is 15.8. The molecule has 0 bridgehead atoms. The molecule has 3 heterocycles. The Bertz CT molecular complexity index is 674. The molecule has 2 amide bonds. The molecule has 0 aliphatic carbocycles. The summed E-state index contributed by atoms with van der Waals surface area (Å²) in [6.45, 7) is 5.15. The minimum Gasteiger partial charge on any atom is -0.353 e. The molecule has 0 radical (unpaired) electrons. The van der Waals surface area contributed by atoms with Gasteiger partial charge in [-0.3, -0.25) is 0 Å². The predicted octanol–water partition coefficient (Wildman–Crippen LogP) is 1.73. The maximum Gasteiger partial charge on any atom is 0.320 e. The van der Waals surface area contributed by atoms with Crippen molar-refractivity contribution in [2.24, 2.45) is 0 Å². The average molecular weight is 335 g/mol. The summed E-state index contributed by atoms with van der Waals surface area (Å²) in [5.41, 5.74) is -0.103. The number of hydrogen-bond donors (Lipinski definition) is 0. The third-order valence-corrected chi connectivity index (χ3v) is 4.95. The van der Waals surface area contributed by atoms with E-state index >= 15 is 0 Å². The highest BCUT2D eigenvalue weighted by molar-refractivity contribution is 6.30. The minimum absolute atomic E-state index is 0.0818. The molecule has 2 saturated heterocycles. The van der Waals surface area contributed by atoms with Crippen molar-refractivity contribution in [3.05, 3.63) is 17.0 Å². The fraction of sp³-hybridized carbons (Fsp3) is 0.600. The number of carbonyl (C=O) groups is 1. The maximum atomic E-state index is 12.3. The number of aromatic nitrogens is 2. The van der Waals surface area contributed by atoms with Gasteiger partial charge in [-0.15, -0.1) is 0 Å². The molecular weight excluding hydrogens is 316 g/mol. The van der Waals surface area contributed by atoms with Crippen molar-refractivity contribution in [2.45, 2.75) is 25.3 Å². The second-order valence-electron chi connectivity index (χ2n) is 6.36. The van der Waals surface area contributed by atoms with Gasteiger partial charge in [0.1, 0.15) is 11.9 Å². The molecule has 3 rings (SSSR count). The van der Waals surface area contributed by atoms with Gasteiger partial charge < -0.3 is 14.7 Å². The summed E-state index contributed by atoms with van der Waals surface area (Å²) in [5, 5.41) is 9.02. The summed E-state index contributed by atoms with van der Waals surface area (Å²) in [4.78, 5) is 26.5. The van der Waals surface area contributed by atoms with Crippen molar-refractivity contribution in [1.29, 1.82) is 5.26 Å². The molecule has 0 saturated carbocycles. The smallest absolute Gasteiger partial charge is 0.320 e. The van der Waals surface area contributed by atoms with E-state index < -0.39 is 0 Å². The Kier molecular flexibility index (Phi) is 4.02. The van der Waals surface area contributed by atoms with Crippen LogP contribution in [0.5, 0.6) is 0 Å². The Labute approximate surface area is 140 Å². The number of nitriles is 1. The highest BCUT2D eigenvalue weighted by Crippen LogP contribution is 2.32. The normalized spacial score (nSPS) is 25.0. The predicted molar refractivity (Wildman–Crippen MR) is 86.3 cm³/mol. The Balaban J connectivity index is 1.82. The Morgan fingerprint density at radius 1 is 1.39 bits per heavy atom. The van der Waals surface area contributed by atoms with E-state index in [9.17, 15) is 4.79 Å². The van der Waals surface area contributed by atoms with Crippen LogP contribution in [0.15, 0.2) is 6.20 Å². The van der Waals surface area contributed by atoms with E-state index in [0.717, 1.165) is 32.5 Å². The molecule has 23 heavy (non-hydrogen) atoms. The molecule has 2 fully saturated rings. The number of piperidine rings is 1. The lowest BCUT2D eigenvalue weighted by Crippen LogP contribution is -2.58. The van der Waals surface area contributed by atoms with E-state index in [0.29, 0.717) is 12.4 Å². The van der Waals surface area contributed by atoms with Crippen molar-refractivity contribution in [2.75, 3.05) is 38.1 Å². The molecular formula is C15H19ClN6O. The molecule has 7 nitrogen and oxygen atoms in total. The van der Waals surface area contributed by atoms with Gasteiger partial charge in [0.15, 0.2) is 10.8 Å². The van der Waals surface area contributed by atoms with Crippen LogP contribution in [-0.2, 0) is 0 Å². The lowest BCUT2D eigenvalue weighted by atomic mass is 9.89. The van der Waals surface area contributed by atoms with Crippen LogP contribution in [0.4, 0.5) is 10.6 Å². The Morgan fingerprint density at radius 2 is 2.17 bits per heavy atom. The lowest BCUT2D eigenvalue weighted by molar-refractivity contribution is 0.125. The topological polar surface area (TPSA) is 76.4 Å². The van der Waals surface area contributed by atoms with Gasteiger partial charge in [-0.25, -0.2) is 14.8 Å². The van der Waals surface area contributed by atoms with Gasteiger partial charge in [0.25, 0.3) is 0 Å². The summed E-state index contributed by atoms with van der Waals surface area (Å²) in [7, 11) is 1.83. The SMILES string of the molecule is CN1CCN([C@@]2(C)CCCN(c3cnc(C#N)c(Cl)n3)C2)C1=O. The zero-order valence-electron chi connectivity index (χ0n) is 13.3. The van der Waals surface area contributed by atoms with Crippen LogP contribution in [0.25, 0.3) is 0 Å². The van der Waals surface area contributed by atoms with Gasteiger partial charge in [-0.1, -0.05) is 11.6 Å². The summed E-state index contributed by atoms with van der Waals surface area (Å²) in [6.07, 6.45) is 3.50. The van der Waals surface area contributed by atoms with Gasteiger partial charge >= 0.3 is 6.03 Å². The minimum atomic E-state index is -0.234. The van der Waals surface area contributed by atoms with E-state index in [1.165, 1.54) is 0 Å². The lowest BCUT2D eigenvalue weighted by Gasteiger charge is -2.46. The van der Waals surface area contributed by atoms with Crippen LogP contribution in [0.2, 0.25) is 5.15 Å². The highest BCUT2D eigenvalue weighted by Gasteiger charge is 2.43. The zero-order chi connectivity index (χ0) is 16.6. The molecule has 2 aliphatic rings. The van der Waals surface area contributed by atoms with E-state index in [4.69, 9.17) is 16.9 Å². The number of amides is 2. The second kappa shape index (κ2) is 5.85. The molecule has 0 spiro atoms. The quantitative estimate of drug-likeness (QED) is 0.823. The Hall–Kier alpha value is -2.07. The number of anilines is 1. The molecule has 2 aliphatic heterocycles. The maximum absolute atomic E-state index is 12.3. The summed E-state index contributed by atoms with van der Waals surface area (Å²) in [6, 6.07) is 2.00. The molecule has 0 unspecified atom stereocenters. The van der Waals surface area contributed by atoms with E-state index in [2.05, 4.69) is 21.8 Å². The highest BCUT2D eigenvalue weighted by atomic mass is 35.5. The van der Waals surface area contributed by atoms with Crippen molar-refractivity contribution >= 4 is 23.4 Å². The van der Waals surface area contributed by atoms with Gasteiger partial charge in [0.2, 0.25) is 0 Å². The first-order chi connectivity index (χ1) is 10.9. The standard InChI is InChI=1S/C15H19ClN6O/c1-15(22-7-6-20(2)14(22)23)4-3-5-21(10-15)12-9-18-11(8-17)13(16)19-12/h9H,3-7,10H2,1-2H3/t15-/m0/s1. The number of nitrogens with zero attached hydrogens (tertiary/aromatic N) is 6. The summed E-state index contributed by atoms with van der Waals surface area (Å²) in [5.74, 6) is 0.653. The van der Waals surface area contributed by atoms with Crippen molar-refractivity contribution < 1.29 is 4.79 Å². The van der Waals surface area contributed by atoms with E-state index in [-0.39, 0.29) is 22.4 Å². The van der Waals surface area contributed by atoms with Crippen molar-refractivity contribution in [1.82, 2.24) is 19.8 Å². The molecule has 0 aromatic carbocycles. The summed E-state index contributed by atoms with van der Waals surface area (Å²) < 4.78 is 0. The molecule has 0 N–H and O–H groups in total. The van der Waals surface area contributed by atoms with Crippen LogP contribution >= 0.6 is 11.6 Å². The third kappa shape index (κ3) is 2.79. The van der Waals surface area contributed by atoms with Crippen molar-refractivity contribution in [3.8, 4) is 6.07 Å². The zero-order valence-corrected chi connectivity index (χ0v) is 14.0. The van der Waals surface area contributed by atoms with E-state index in [1.54, 1.807) is 11.1 Å². The summed E-state index contributed by atoms with van der Waals surface area (Å²) >= 11 is 6.00. The van der Waals surface area contributed by atoms with Gasteiger partial charge in [0, 0.05) is 33.2 Å². The first-order valence-electron chi connectivity index (χ1n) is 7.65. The molecule has 122 valence electrons.